The van der Waals surface area contributed by atoms with Crippen LogP contribution in [0.25, 0.3) is 0 Å². The molecule has 1 rings (SSSR count). The van der Waals surface area contributed by atoms with Crippen LogP contribution in [0.15, 0.2) is 22.7 Å². The van der Waals surface area contributed by atoms with Gasteiger partial charge in [0.25, 0.3) is 5.91 Å². The summed E-state index contributed by atoms with van der Waals surface area (Å²) < 4.78 is 0.956. The van der Waals surface area contributed by atoms with Crippen molar-refractivity contribution in [2.45, 2.75) is 32.8 Å². The minimum atomic E-state index is -0.459. The Labute approximate surface area is 110 Å². The van der Waals surface area contributed by atoms with Crippen molar-refractivity contribution in [1.29, 1.82) is 0 Å². The highest BCUT2D eigenvalue weighted by atomic mass is 79.9. The van der Waals surface area contributed by atoms with Crippen LogP contribution in [0.5, 0.6) is 0 Å². The number of halogens is 1. The van der Waals surface area contributed by atoms with Gasteiger partial charge in [-0.2, -0.15) is 0 Å². The van der Waals surface area contributed by atoms with E-state index in [-0.39, 0.29) is 5.91 Å². The Kier molecular flexibility index (Phi) is 5.65. The van der Waals surface area contributed by atoms with Gasteiger partial charge >= 0.3 is 0 Å². The summed E-state index contributed by atoms with van der Waals surface area (Å²) in [4.78, 5) is 11.8. The molecule has 0 saturated carbocycles. The summed E-state index contributed by atoms with van der Waals surface area (Å²) in [6.45, 7) is 4.20. The number of carbonyl (C=O) groups is 1. The Balaban J connectivity index is 2.58. The highest BCUT2D eigenvalue weighted by Gasteiger charge is 2.10. The lowest BCUT2D eigenvalue weighted by atomic mass is 10.1. The van der Waals surface area contributed by atoms with Crippen LogP contribution >= 0.6 is 15.9 Å². The molecule has 0 spiro atoms. The second-order valence-electron chi connectivity index (χ2n) is 4.11. The summed E-state index contributed by atoms with van der Waals surface area (Å²) in [7, 11) is 0. The molecular weight excluding hydrogens is 282 g/mol. The van der Waals surface area contributed by atoms with E-state index in [0.29, 0.717) is 18.5 Å². The van der Waals surface area contributed by atoms with E-state index in [9.17, 15) is 9.90 Å². The normalized spacial score (nSPS) is 12.2. The van der Waals surface area contributed by atoms with Gasteiger partial charge in [-0.15, -0.1) is 0 Å². The smallest absolute Gasteiger partial charge is 0.251 e. The van der Waals surface area contributed by atoms with Crippen molar-refractivity contribution in [3.05, 3.63) is 33.8 Å². The van der Waals surface area contributed by atoms with E-state index in [1.165, 1.54) is 0 Å². The third kappa shape index (κ3) is 4.48. The predicted octanol–water partition coefficient (Wildman–Crippen LogP) is 2.65. The number of aryl methyl sites for hydroxylation is 1. The largest absolute Gasteiger partial charge is 0.391 e. The number of hydrogen-bond acceptors (Lipinski definition) is 2. The van der Waals surface area contributed by atoms with Gasteiger partial charge in [-0.05, 0) is 37.1 Å². The Morgan fingerprint density at radius 3 is 2.82 bits per heavy atom. The van der Waals surface area contributed by atoms with Gasteiger partial charge in [0.05, 0.1) is 6.10 Å². The van der Waals surface area contributed by atoms with E-state index in [1.54, 1.807) is 6.07 Å². The van der Waals surface area contributed by atoms with Crippen molar-refractivity contribution in [2.75, 3.05) is 6.54 Å². The number of rotatable bonds is 5. The molecule has 0 aliphatic rings. The number of amides is 1. The summed E-state index contributed by atoms with van der Waals surface area (Å²) in [6, 6.07) is 5.52. The van der Waals surface area contributed by atoms with Crippen LogP contribution in [0.3, 0.4) is 0 Å². The van der Waals surface area contributed by atoms with Crippen LogP contribution in [0, 0.1) is 6.92 Å². The van der Waals surface area contributed by atoms with Crippen molar-refractivity contribution >= 4 is 21.8 Å². The van der Waals surface area contributed by atoms with Crippen LogP contribution in [0.2, 0.25) is 0 Å². The minimum Gasteiger partial charge on any atom is -0.391 e. The zero-order valence-corrected chi connectivity index (χ0v) is 11.8. The zero-order valence-electron chi connectivity index (χ0n) is 10.2. The number of carbonyl (C=O) groups excluding carboxylic acids is 1. The molecule has 3 nitrogen and oxygen atoms in total. The molecule has 17 heavy (non-hydrogen) atoms. The van der Waals surface area contributed by atoms with E-state index < -0.39 is 6.10 Å². The summed E-state index contributed by atoms with van der Waals surface area (Å²) in [6.07, 6.45) is 1.16. The molecule has 0 radical (unpaired) electrons. The lowest BCUT2D eigenvalue weighted by molar-refractivity contribution is 0.0909. The summed E-state index contributed by atoms with van der Waals surface area (Å²) >= 11 is 3.36. The monoisotopic (exact) mass is 299 g/mol. The molecule has 1 aromatic rings. The molecule has 4 heteroatoms. The number of hydrogen-bond donors (Lipinski definition) is 2. The average molecular weight is 300 g/mol. The predicted molar refractivity (Wildman–Crippen MR) is 72.1 cm³/mol. The fraction of sp³-hybridized carbons (Fsp3) is 0.462. The molecular formula is C13H18BrNO2. The number of benzene rings is 1. The van der Waals surface area contributed by atoms with Gasteiger partial charge in [-0.3, -0.25) is 4.79 Å². The van der Waals surface area contributed by atoms with Crippen molar-refractivity contribution in [1.82, 2.24) is 5.32 Å². The first-order valence-corrected chi connectivity index (χ1v) is 6.56. The van der Waals surface area contributed by atoms with Gasteiger partial charge in [-0.25, -0.2) is 0 Å². The summed E-state index contributed by atoms with van der Waals surface area (Å²) in [5.74, 6) is -0.134. The second-order valence-corrected chi connectivity index (χ2v) is 5.03. The van der Waals surface area contributed by atoms with E-state index in [4.69, 9.17) is 0 Å². The van der Waals surface area contributed by atoms with Crippen LogP contribution in [0.4, 0.5) is 0 Å². The Morgan fingerprint density at radius 2 is 2.24 bits per heavy atom. The molecule has 0 saturated heterocycles. The topological polar surface area (TPSA) is 49.3 Å². The molecule has 0 aromatic heterocycles. The fourth-order valence-electron chi connectivity index (χ4n) is 1.62. The highest BCUT2D eigenvalue weighted by Crippen LogP contribution is 2.15. The minimum absolute atomic E-state index is 0.134. The highest BCUT2D eigenvalue weighted by molar-refractivity contribution is 9.10. The molecule has 0 aliphatic heterocycles. The van der Waals surface area contributed by atoms with Gasteiger partial charge in [0, 0.05) is 16.6 Å². The molecule has 0 aliphatic carbocycles. The fourth-order valence-corrected chi connectivity index (χ4v) is 2.10. The first-order chi connectivity index (χ1) is 8.04. The molecule has 0 fully saturated rings. The van der Waals surface area contributed by atoms with Gasteiger partial charge in [0.2, 0.25) is 0 Å². The van der Waals surface area contributed by atoms with E-state index >= 15 is 0 Å². The third-order valence-electron chi connectivity index (χ3n) is 2.55. The molecule has 94 valence electrons. The van der Waals surface area contributed by atoms with Crippen LogP contribution in [0.1, 0.15) is 35.7 Å². The lowest BCUT2D eigenvalue weighted by Crippen LogP contribution is -2.32. The molecule has 0 bridgehead atoms. The second kappa shape index (κ2) is 6.77. The Hall–Kier alpha value is -0.870. The Morgan fingerprint density at radius 1 is 1.53 bits per heavy atom. The lowest BCUT2D eigenvalue weighted by Gasteiger charge is -2.12. The van der Waals surface area contributed by atoms with Crippen molar-refractivity contribution < 1.29 is 9.90 Å². The van der Waals surface area contributed by atoms with Gasteiger partial charge in [-0.1, -0.05) is 29.3 Å². The number of nitrogens with one attached hydrogen (secondary N) is 1. The van der Waals surface area contributed by atoms with Crippen LogP contribution in [-0.2, 0) is 0 Å². The van der Waals surface area contributed by atoms with E-state index in [2.05, 4.69) is 21.2 Å². The molecule has 0 heterocycles. The first-order valence-electron chi connectivity index (χ1n) is 5.77. The maximum Gasteiger partial charge on any atom is 0.251 e. The molecule has 1 aromatic carbocycles. The quantitative estimate of drug-likeness (QED) is 0.878. The van der Waals surface area contributed by atoms with Gasteiger partial charge in [0.15, 0.2) is 0 Å². The third-order valence-corrected chi connectivity index (χ3v) is 3.05. The van der Waals surface area contributed by atoms with Crippen molar-refractivity contribution in [3.8, 4) is 0 Å². The maximum atomic E-state index is 11.8. The summed E-state index contributed by atoms with van der Waals surface area (Å²) in [5, 5.41) is 12.3. The number of aliphatic hydroxyl groups is 1. The Bertz CT molecular complexity index is 393. The number of aliphatic hydroxyl groups excluding tert-OH is 1. The van der Waals surface area contributed by atoms with Gasteiger partial charge in [0.1, 0.15) is 0 Å². The standard InChI is InChI=1S/C13H18BrNO2/c1-3-4-11(16)8-15-13(17)12-6-5-10(14)7-9(12)2/h5-7,11,16H,3-4,8H2,1-2H3,(H,15,17). The van der Waals surface area contributed by atoms with Crippen molar-refractivity contribution in [2.24, 2.45) is 0 Å². The van der Waals surface area contributed by atoms with E-state index in [1.807, 2.05) is 26.0 Å². The molecule has 1 atom stereocenters. The SMILES string of the molecule is CCCC(O)CNC(=O)c1ccc(Br)cc1C. The van der Waals surface area contributed by atoms with Crippen LogP contribution in [-0.4, -0.2) is 23.7 Å². The van der Waals surface area contributed by atoms with Gasteiger partial charge < -0.3 is 10.4 Å². The molecule has 2 N–H and O–H groups in total. The molecule has 1 amide bonds. The van der Waals surface area contributed by atoms with Crippen molar-refractivity contribution in [3.63, 3.8) is 0 Å². The first kappa shape index (κ1) is 14.2. The molecule has 1 unspecified atom stereocenters. The zero-order chi connectivity index (χ0) is 12.8. The van der Waals surface area contributed by atoms with Crippen LogP contribution < -0.4 is 5.32 Å². The maximum absolute atomic E-state index is 11.8. The summed E-state index contributed by atoms with van der Waals surface area (Å²) in [5.41, 5.74) is 1.57. The average Bonchev–Trinajstić information content (AvgIpc) is 2.26. The van der Waals surface area contributed by atoms with E-state index in [0.717, 1.165) is 16.5 Å².